The topological polar surface area (TPSA) is 21.3 Å². The second-order valence-corrected chi connectivity index (χ2v) is 4.78. The molecular formula is C14H19F2NO. The van der Waals surface area contributed by atoms with Crippen molar-refractivity contribution in [3.8, 4) is 5.75 Å². The lowest BCUT2D eigenvalue weighted by atomic mass is 10.00. The molecule has 18 heavy (non-hydrogen) atoms. The van der Waals surface area contributed by atoms with Gasteiger partial charge in [0.2, 0.25) is 0 Å². The van der Waals surface area contributed by atoms with Crippen molar-refractivity contribution in [3.63, 3.8) is 0 Å². The summed E-state index contributed by atoms with van der Waals surface area (Å²) in [6, 6.07) is 7.11. The predicted molar refractivity (Wildman–Crippen MR) is 66.8 cm³/mol. The Morgan fingerprint density at radius 3 is 2.67 bits per heavy atom. The van der Waals surface area contributed by atoms with Gasteiger partial charge in [0.15, 0.2) is 0 Å². The summed E-state index contributed by atoms with van der Waals surface area (Å²) in [4.78, 5) is 0. The van der Waals surface area contributed by atoms with Crippen LogP contribution in [0.25, 0.3) is 0 Å². The van der Waals surface area contributed by atoms with E-state index in [9.17, 15) is 8.78 Å². The Hall–Kier alpha value is -1.16. The van der Waals surface area contributed by atoms with Crippen LogP contribution in [0.15, 0.2) is 24.3 Å². The highest BCUT2D eigenvalue weighted by atomic mass is 19.3. The maximum atomic E-state index is 12.3. The van der Waals surface area contributed by atoms with Gasteiger partial charge in [0, 0.05) is 11.6 Å². The van der Waals surface area contributed by atoms with Gasteiger partial charge in [-0.05, 0) is 31.9 Å². The number of para-hydroxylation sites is 1. The maximum absolute atomic E-state index is 12.3. The van der Waals surface area contributed by atoms with Gasteiger partial charge >= 0.3 is 6.61 Å². The van der Waals surface area contributed by atoms with Crippen LogP contribution in [0.3, 0.4) is 0 Å². The van der Waals surface area contributed by atoms with Gasteiger partial charge in [-0.1, -0.05) is 31.0 Å². The van der Waals surface area contributed by atoms with Crippen LogP contribution in [0, 0.1) is 5.92 Å². The van der Waals surface area contributed by atoms with Gasteiger partial charge in [-0.2, -0.15) is 8.78 Å². The molecule has 2 rings (SSSR count). The third kappa shape index (κ3) is 3.67. The van der Waals surface area contributed by atoms with Gasteiger partial charge in [-0.25, -0.2) is 0 Å². The molecule has 2 nitrogen and oxygen atoms in total. The third-order valence-electron chi connectivity index (χ3n) is 3.42. The summed E-state index contributed by atoms with van der Waals surface area (Å²) in [5.74, 6) is 1.12. The Labute approximate surface area is 106 Å². The Bertz CT molecular complexity index is 380. The first-order chi connectivity index (χ1) is 8.70. The molecule has 1 aliphatic carbocycles. The molecular weight excluding hydrogens is 236 g/mol. The number of ether oxygens (including phenoxy) is 1. The zero-order valence-electron chi connectivity index (χ0n) is 10.5. The standard InChI is InChI=1S/C14H19F2NO/c1-17-12(9-8-10-6-7-10)11-4-2-3-5-13(11)18-14(15)16/h2-5,10,12,14,17H,6-9H2,1H3. The Morgan fingerprint density at radius 1 is 1.33 bits per heavy atom. The van der Waals surface area contributed by atoms with E-state index in [1.165, 1.54) is 12.8 Å². The van der Waals surface area contributed by atoms with E-state index in [0.29, 0.717) is 0 Å². The quantitative estimate of drug-likeness (QED) is 0.801. The van der Waals surface area contributed by atoms with E-state index in [1.54, 1.807) is 12.1 Å². The van der Waals surface area contributed by atoms with E-state index in [1.807, 2.05) is 19.2 Å². The Balaban J connectivity index is 2.06. The molecule has 1 aliphatic rings. The molecule has 100 valence electrons. The summed E-state index contributed by atoms with van der Waals surface area (Å²) in [5.41, 5.74) is 0.820. The van der Waals surface area contributed by atoms with Gasteiger partial charge in [0.05, 0.1) is 0 Å². The first-order valence-electron chi connectivity index (χ1n) is 6.41. The number of benzene rings is 1. The zero-order valence-corrected chi connectivity index (χ0v) is 10.5. The van der Waals surface area contributed by atoms with E-state index in [0.717, 1.165) is 24.3 Å². The smallest absolute Gasteiger partial charge is 0.387 e. The number of nitrogens with one attached hydrogen (secondary N) is 1. The van der Waals surface area contributed by atoms with Crippen molar-refractivity contribution >= 4 is 0 Å². The number of rotatable bonds is 7. The highest BCUT2D eigenvalue weighted by molar-refractivity contribution is 5.36. The summed E-state index contributed by atoms with van der Waals surface area (Å²) in [5, 5.41) is 3.19. The molecule has 1 N–H and O–H groups in total. The summed E-state index contributed by atoms with van der Waals surface area (Å²) in [7, 11) is 1.86. The molecule has 0 saturated heterocycles. The van der Waals surface area contributed by atoms with Crippen LogP contribution in [0.5, 0.6) is 5.75 Å². The van der Waals surface area contributed by atoms with Gasteiger partial charge in [0.25, 0.3) is 0 Å². The number of hydrogen-bond donors (Lipinski definition) is 1. The van der Waals surface area contributed by atoms with Gasteiger partial charge in [-0.3, -0.25) is 0 Å². The van der Waals surface area contributed by atoms with Crippen molar-refractivity contribution in [2.75, 3.05) is 7.05 Å². The molecule has 0 aromatic heterocycles. The van der Waals surface area contributed by atoms with Crippen LogP contribution in [0.1, 0.15) is 37.3 Å². The summed E-state index contributed by atoms with van der Waals surface area (Å²) in [6.07, 6.45) is 4.73. The molecule has 1 aromatic rings. The lowest BCUT2D eigenvalue weighted by molar-refractivity contribution is -0.0507. The first-order valence-corrected chi connectivity index (χ1v) is 6.41. The molecule has 0 spiro atoms. The zero-order chi connectivity index (χ0) is 13.0. The molecule has 0 radical (unpaired) electrons. The van der Waals surface area contributed by atoms with E-state index in [2.05, 4.69) is 10.1 Å². The van der Waals surface area contributed by atoms with Crippen molar-refractivity contribution in [1.29, 1.82) is 0 Å². The largest absolute Gasteiger partial charge is 0.434 e. The van der Waals surface area contributed by atoms with Gasteiger partial charge in [0.1, 0.15) is 5.75 Å². The highest BCUT2D eigenvalue weighted by Gasteiger charge is 2.24. The van der Waals surface area contributed by atoms with E-state index < -0.39 is 6.61 Å². The van der Waals surface area contributed by atoms with Crippen LogP contribution >= 0.6 is 0 Å². The van der Waals surface area contributed by atoms with Crippen LogP contribution in [0.4, 0.5) is 8.78 Å². The summed E-state index contributed by atoms with van der Waals surface area (Å²) < 4.78 is 29.3. The predicted octanol–water partition coefficient (Wildman–Crippen LogP) is 3.74. The lowest BCUT2D eigenvalue weighted by Crippen LogP contribution is -2.18. The minimum atomic E-state index is -2.77. The molecule has 0 heterocycles. The second kappa shape index (κ2) is 6.14. The van der Waals surface area contributed by atoms with Crippen LogP contribution in [-0.2, 0) is 0 Å². The first kappa shape index (κ1) is 13.3. The normalized spacial score (nSPS) is 16.9. The molecule has 4 heteroatoms. The average Bonchev–Trinajstić information content (AvgIpc) is 3.15. The fourth-order valence-electron chi connectivity index (χ4n) is 2.24. The minimum absolute atomic E-state index is 0.0838. The van der Waals surface area contributed by atoms with Crippen molar-refractivity contribution < 1.29 is 13.5 Å². The minimum Gasteiger partial charge on any atom is -0.434 e. The molecule has 1 saturated carbocycles. The van der Waals surface area contributed by atoms with Crippen molar-refractivity contribution in [3.05, 3.63) is 29.8 Å². The van der Waals surface area contributed by atoms with Crippen molar-refractivity contribution in [2.45, 2.75) is 38.3 Å². The van der Waals surface area contributed by atoms with Gasteiger partial charge < -0.3 is 10.1 Å². The molecule has 1 aromatic carbocycles. The molecule has 1 unspecified atom stereocenters. The van der Waals surface area contributed by atoms with Crippen molar-refractivity contribution in [1.82, 2.24) is 5.32 Å². The van der Waals surface area contributed by atoms with Crippen LogP contribution in [-0.4, -0.2) is 13.7 Å². The van der Waals surface area contributed by atoms with Gasteiger partial charge in [-0.15, -0.1) is 0 Å². The third-order valence-corrected chi connectivity index (χ3v) is 3.42. The molecule has 0 aliphatic heterocycles. The van der Waals surface area contributed by atoms with E-state index in [4.69, 9.17) is 0 Å². The second-order valence-electron chi connectivity index (χ2n) is 4.78. The number of alkyl halides is 2. The van der Waals surface area contributed by atoms with E-state index >= 15 is 0 Å². The number of halogens is 2. The number of hydrogen-bond acceptors (Lipinski definition) is 2. The Morgan fingerprint density at radius 2 is 2.06 bits per heavy atom. The summed E-state index contributed by atoms with van der Waals surface area (Å²) in [6.45, 7) is -2.77. The maximum Gasteiger partial charge on any atom is 0.387 e. The fourth-order valence-corrected chi connectivity index (χ4v) is 2.24. The van der Waals surface area contributed by atoms with Crippen LogP contribution in [0.2, 0.25) is 0 Å². The van der Waals surface area contributed by atoms with Crippen LogP contribution < -0.4 is 10.1 Å². The van der Waals surface area contributed by atoms with Crippen molar-refractivity contribution in [2.24, 2.45) is 5.92 Å². The lowest BCUT2D eigenvalue weighted by Gasteiger charge is -2.19. The SMILES string of the molecule is CNC(CCC1CC1)c1ccccc1OC(F)F. The summed E-state index contributed by atoms with van der Waals surface area (Å²) >= 11 is 0. The monoisotopic (exact) mass is 255 g/mol. The molecule has 1 fully saturated rings. The highest BCUT2D eigenvalue weighted by Crippen LogP contribution is 2.37. The average molecular weight is 255 g/mol. The molecule has 0 bridgehead atoms. The fraction of sp³-hybridized carbons (Fsp3) is 0.571. The molecule has 0 amide bonds. The molecule has 1 atom stereocenters. The van der Waals surface area contributed by atoms with E-state index in [-0.39, 0.29) is 11.8 Å². The Kier molecular flexibility index (Phi) is 4.53.